The summed E-state index contributed by atoms with van der Waals surface area (Å²) in [5.74, 6) is 0.384. The Morgan fingerprint density at radius 1 is 1.32 bits per heavy atom. The fourth-order valence-electron chi connectivity index (χ4n) is 4.28. The number of aryl methyl sites for hydroxylation is 2. The second-order valence-electron chi connectivity index (χ2n) is 7.89. The van der Waals surface area contributed by atoms with Crippen LogP contribution in [0.1, 0.15) is 54.4 Å². The molecule has 1 fully saturated rings. The van der Waals surface area contributed by atoms with Crippen LogP contribution in [0, 0.1) is 6.92 Å². The quantitative estimate of drug-likeness (QED) is 0.691. The Kier molecular flexibility index (Phi) is 4.66. The lowest BCUT2D eigenvalue weighted by Crippen LogP contribution is -2.35. The Hall–Kier alpha value is -2.75. The average Bonchev–Trinajstić information content (AvgIpc) is 3.52. The van der Waals surface area contributed by atoms with Gasteiger partial charge < -0.3 is 14.6 Å². The van der Waals surface area contributed by atoms with Gasteiger partial charge in [0.25, 0.3) is 0 Å². The minimum Gasteiger partial charge on any atom is -0.493 e. The second kappa shape index (κ2) is 7.01. The number of benzene rings is 2. The fraction of sp³-hybridized carbons (Fsp3) is 0.375. The van der Waals surface area contributed by atoms with Crippen molar-refractivity contribution < 1.29 is 19.4 Å². The summed E-state index contributed by atoms with van der Waals surface area (Å²) < 4.78 is 11.4. The zero-order valence-electron chi connectivity index (χ0n) is 16.5. The molecule has 0 radical (unpaired) electrons. The first-order valence-electron chi connectivity index (χ1n) is 9.88. The number of carbonyl (C=O) groups is 1. The Labute approximate surface area is 165 Å². The van der Waals surface area contributed by atoms with Crippen molar-refractivity contribution in [2.24, 2.45) is 0 Å². The molecule has 2 aliphatic rings. The Balaban J connectivity index is 1.98. The molecule has 1 heterocycles. The maximum absolute atomic E-state index is 12.3. The van der Waals surface area contributed by atoms with E-state index < -0.39 is 11.6 Å². The molecule has 2 aromatic rings. The summed E-state index contributed by atoms with van der Waals surface area (Å²) in [5, 5.41) is 10.1. The number of aliphatic carboxylic acids is 1. The molecule has 4 heteroatoms. The van der Waals surface area contributed by atoms with Crippen molar-refractivity contribution in [2.75, 3.05) is 6.61 Å². The number of hydrogen-bond acceptors (Lipinski definition) is 3. The van der Waals surface area contributed by atoms with Crippen molar-refractivity contribution in [2.45, 2.75) is 51.0 Å². The van der Waals surface area contributed by atoms with E-state index in [1.54, 1.807) is 6.92 Å². The third-order valence-corrected chi connectivity index (χ3v) is 5.86. The summed E-state index contributed by atoms with van der Waals surface area (Å²) in [6.45, 7) is 7.92. The molecule has 1 atom stereocenters. The fourth-order valence-corrected chi connectivity index (χ4v) is 4.28. The highest BCUT2D eigenvalue weighted by Gasteiger charge is 2.42. The minimum atomic E-state index is -1.50. The first kappa shape index (κ1) is 18.6. The zero-order valence-corrected chi connectivity index (χ0v) is 16.5. The summed E-state index contributed by atoms with van der Waals surface area (Å²) in [7, 11) is 0. The van der Waals surface area contributed by atoms with Crippen LogP contribution in [0.3, 0.4) is 0 Å². The van der Waals surface area contributed by atoms with Gasteiger partial charge >= 0.3 is 5.97 Å². The minimum absolute atomic E-state index is 0.475. The molecule has 0 aromatic heterocycles. The molecule has 1 N–H and O–H groups in total. The van der Waals surface area contributed by atoms with Crippen molar-refractivity contribution >= 4 is 5.97 Å². The van der Waals surface area contributed by atoms with Crippen LogP contribution in [0.4, 0.5) is 0 Å². The van der Waals surface area contributed by atoms with E-state index in [1.165, 1.54) is 17.4 Å². The third-order valence-electron chi connectivity index (χ3n) is 5.86. The largest absolute Gasteiger partial charge is 0.493 e. The standard InChI is InChI=1S/C24H26O4/c1-4-28-24(3,23(25)26)22-15(2)7-11-19(16-8-9-16)21(22)18-10-12-20-17(14-18)6-5-13-27-20/h4,7,10-12,14,16H,1,5-6,8-9,13H2,2-3H3,(H,25,26). The monoisotopic (exact) mass is 378 g/mol. The highest BCUT2D eigenvalue weighted by atomic mass is 16.5. The number of carboxylic acids is 1. The lowest BCUT2D eigenvalue weighted by molar-refractivity contribution is -0.158. The molecule has 146 valence electrons. The normalized spacial score (nSPS) is 17.8. The molecule has 1 saturated carbocycles. The second-order valence-corrected chi connectivity index (χ2v) is 7.89. The first-order valence-corrected chi connectivity index (χ1v) is 9.88. The molecule has 4 rings (SSSR count). The van der Waals surface area contributed by atoms with E-state index in [0.29, 0.717) is 11.5 Å². The van der Waals surface area contributed by atoms with Gasteiger partial charge in [-0.25, -0.2) is 4.79 Å². The molecule has 0 saturated heterocycles. The van der Waals surface area contributed by atoms with Crippen LogP contribution in [0.2, 0.25) is 0 Å². The lowest BCUT2D eigenvalue weighted by Gasteiger charge is -2.30. The van der Waals surface area contributed by atoms with Gasteiger partial charge in [0.05, 0.1) is 12.9 Å². The first-order chi connectivity index (χ1) is 13.5. The van der Waals surface area contributed by atoms with Gasteiger partial charge in [0.15, 0.2) is 0 Å². The predicted octanol–water partition coefficient (Wildman–Crippen LogP) is 5.32. The van der Waals surface area contributed by atoms with Crippen LogP contribution in [-0.4, -0.2) is 17.7 Å². The number of fused-ring (bicyclic) bond motifs is 1. The SMILES string of the molecule is C=COC(C)(C(=O)O)c1c(C)ccc(C2CC2)c1-c1ccc2c(c1)CCCO2. The molecular weight excluding hydrogens is 352 g/mol. The molecule has 1 aliphatic carbocycles. The summed E-state index contributed by atoms with van der Waals surface area (Å²) in [6, 6.07) is 10.4. The maximum Gasteiger partial charge on any atom is 0.352 e. The van der Waals surface area contributed by atoms with Gasteiger partial charge in [0.1, 0.15) is 5.75 Å². The van der Waals surface area contributed by atoms with Gasteiger partial charge in [0.2, 0.25) is 5.60 Å². The van der Waals surface area contributed by atoms with E-state index in [2.05, 4.69) is 18.7 Å². The number of ether oxygens (including phenoxy) is 2. The highest BCUT2D eigenvalue weighted by Crippen LogP contribution is 2.49. The Morgan fingerprint density at radius 3 is 2.79 bits per heavy atom. The van der Waals surface area contributed by atoms with Gasteiger partial charge in [0, 0.05) is 5.56 Å². The van der Waals surface area contributed by atoms with Crippen LogP contribution in [0.5, 0.6) is 5.75 Å². The van der Waals surface area contributed by atoms with Crippen LogP contribution < -0.4 is 4.74 Å². The topological polar surface area (TPSA) is 55.8 Å². The molecule has 0 amide bonds. The van der Waals surface area contributed by atoms with Crippen molar-refractivity contribution in [3.05, 3.63) is 65.4 Å². The average molecular weight is 378 g/mol. The molecule has 1 unspecified atom stereocenters. The van der Waals surface area contributed by atoms with Crippen molar-refractivity contribution in [3.63, 3.8) is 0 Å². The lowest BCUT2D eigenvalue weighted by atomic mass is 9.80. The van der Waals surface area contributed by atoms with Gasteiger partial charge in [-0.3, -0.25) is 0 Å². The van der Waals surface area contributed by atoms with Gasteiger partial charge in [-0.1, -0.05) is 24.8 Å². The van der Waals surface area contributed by atoms with E-state index in [4.69, 9.17) is 9.47 Å². The summed E-state index contributed by atoms with van der Waals surface area (Å²) in [6.07, 6.45) is 5.47. The zero-order chi connectivity index (χ0) is 19.9. The third kappa shape index (κ3) is 3.07. The highest BCUT2D eigenvalue weighted by molar-refractivity contribution is 5.86. The van der Waals surface area contributed by atoms with E-state index in [-0.39, 0.29) is 0 Å². The Bertz CT molecular complexity index is 942. The van der Waals surface area contributed by atoms with Crippen LogP contribution in [0.15, 0.2) is 43.2 Å². The van der Waals surface area contributed by atoms with Crippen molar-refractivity contribution in [3.8, 4) is 16.9 Å². The van der Waals surface area contributed by atoms with Crippen LogP contribution >= 0.6 is 0 Å². The smallest absolute Gasteiger partial charge is 0.352 e. The molecule has 0 spiro atoms. The molecule has 1 aliphatic heterocycles. The van der Waals surface area contributed by atoms with E-state index in [1.807, 2.05) is 25.1 Å². The van der Waals surface area contributed by atoms with E-state index in [0.717, 1.165) is 54.7 Å². The van der Waals surface area contributed by atoms with Gasteiger partial charge in [-0.05, 0) is 85.4 Å². The maximum atomic E-state index is 12.3. The Morgan fingerprint density at radius 2 is 2.11 bits per heavy atom. The number of rotatable bonds is 6. The van der Waals surface area contributed by atoms with Crippen molar-refractivity contribution in [1.82, 2.24) is 0 Å². The van der Waals surface area contributed by atoms with Crippen LogP contribution in [0.25, 0.3) is 11.1 Å². The van der Waals surface area contributed by atoms with Crippen molar-refractivity contribution in [1.29, 1.82) is 0 Å². The van der Waals surface area contributed by atoms with E-state index in [9.17, 15) is 9.90 Å². The summed E-state index contributed by atoms with van der Waals surface area (Å²) in [5.41, 5.74) is 4.52. The summed E-state index contributed by atoms with van der Waals surface area (Å²) in [4.78, 5) is 12.3. The summed E-state index contributed by atoms with van der Waals surface area (Å²) >= 11 is 0. The van der Waals surface area contributed by atoms with Crippen LogP contribution in [-0.2, 0) is 21.6 Å². The molecular formula is C24H26O4. The molecule has 2 aromatic carbocycles. The molecule has 28 heavy (non-hydrogen) atoms. The number of hydrogen-bond donors (Lipinski definition) is 1. The molecule has 0 bridgehead atoms. The van der Waals surface area contributed by atoms with E-state index >= 15 is 0 Å². The predicted molar refractivity (Wildman–Crippen MR) is 109 cm³/mol. The molecule has 4 nitrogen and oxygen atoms in total. The van der Waals surface area contributed by atoms with Gasteiger partial charge in [-0.15, -0.1) is 0 Å². The van der Waals surface area contributed by atoms with Gasteiger partial charge in [-0.2, -0.15) is 0 Å². The number of carboxylic acid groups (broad SMARTS) is 1.